The number of allylic oxidation sites excluding steroid dienone is 1. The van der Waals surface area contributed by atoms with Crippen LogP contribution in [0.25, 0.3) is 0 Å². The Labute approximate surface area is 192 Å². The lowest BCUT2D eigenvalue weighted by molar-refractivity contribution is -0.137. The zero-order valence-electron chi connectivity index (χ0n) is 17.8. The first-order chi connectivity index (χ1) is 15.8. The number of aliphatic carboxylic acids is 1. The molecule has 1 unspecified atom stereocenters. The number of carboxylic acid groups (broad SMARTS) is 1. The van der Waals surface area contributed by atoms with Gasteiger partial charge in [-0.3, -0.25) is 4.90 Å². The monoisotopic (exact) mass is 493 g/mol. The lowest BCUT2D eigenvalue weighted by atomic mass is 9.94. The second kappa shape index (κ2) is 8.83. The van der Waals surface area contributed by atoms with Crippen molar-refractivity contribution in [3.63, 3.8) is 0 Å². The summed E-state index contributed by atoms with van der Waals surface area (Å²) in [5.41, 5.74) is -1.94. The Morgan fingerprint density at radius 1 is 1.24 bits per heavy atom. The Kier molecular flexibility index (Phi) is 6.44. The highest BCUT2D eigenvalue weighted by atomic mass is 32.2. The Hall–Kier alpha value is -3.85. The number of rotatable bonds is 5. The van der Waals surface area contributed by atoms with Crippen LogP contribution in [0.3, 0.4) is 0 Å². The summed E-state index contributed by atoms with van der Waals surface area (Å²) in [6, 6.07) is 6.85. The molecule has 0 aliphatic carbocycles. The number of carboxylic acids is 1. The molecule has 12 heteroatoms. The summed E-state index contributed by atoms with van der Waals surface area (Å²) in [6.45, 7) is 2.61. The van der Waals surface area contributed by atoms with Crippen molar-refractivity contribution in [1.82, 2.24) is 5.32 Å². The van der Waals surface area contributed by atoms with E-state index < -0.39 is 45.2 Å². The first-order valence-electron chi connectivity index (χ1n) is 9.80. The summed E-state index contributed by atoms with van der Waals surface area (Å²) >= 11 is 0. The molecule has 1 aliphatic rings. The van der Waals surface area contributed by atoms with Gasteiger partial charge in [-0.05, 0) is 42.8 Å². The fourth-order valence-corrected chi connectivity index (χ4v) is 4.82. The van der Waals surface area contributed by atoms with Crippen LogP contribution < -0.4 is 10.2 Å². The molecule has 178 valence electrons. The summed E-state index contributed by atoms with van der Waals surface area (Å²) in [5, 5.41) is 21.5. The van der Waals surface area contributed by atoms with E-state index in [0.29, 0.717) is 6.07 Å². The summed E-state index contributed by atoms with van der Waals surface area (Å²) in [4.78, 5) is 25.6. The molecule has 8 nitrogen and oxygen atoms in total. The minimum absolute atomic E-state index is 0.0149. The number of alkyl halides is 3. The molecule has 3 rings (SSSR count). The van der Waals surface area contributed by atoms with Crippen LogP contribution in [-0.2, 0) is 20.8 Å². The highest BCUT2D eigenvalue weighted by Crippen LogP contribution is 2.38. The molecule has 34 heavy (non-hydrogen) atoms. The number of carbonyl (C=O) groups is 2. The van der Waals surface area contributed by atoms with Crippen LogP contribution in [0.1, 0.15) is 36.6 Å². The van der Waals surface area contributed by atoms with Crippen LogP contribution in [0, 0.1) is 11.3 Å². The summed E-state index contributed by atoms with van der Waals surface area (Å²) in [7, 11) is -3.94. The van der Waals surface area contributed by atoms with Gasteiger partial charge in [-0.1, -0.05) is 19.1 Å². The molecule has 2 aromatic carbocycles. The van der Waals surface area contributed by atoms with Crippen molar-refractivity contribution in [2.75, 3.05) is 10.7 Å². The second-order valence-electron chi connectivity index (χ2n) is 7.34. The number of sulfone groups is 1. The maximum Gasteiger partial charge on any atom is 0.416 e. The maximum absolute atomic E-state index is 13.2. The molecule has 1 atom stereocenters. The third-order valence-electron chi connectivity index (χ3n) is 5.32. The van der Waals surface area contributed by atoms with Gasteiger partial charge in [0.15, 0.2) is 9.84 Å². The normalized spacial score (nSPS) is 16.8. The van der Waals surface area contributed by atoms with Gasteiger partial charge in [-0.15, -0.1) is 0 Å². The molecule has 0 saturated carbocycles. The van der Waals surface area contributed by atoms with Crippen LogP contribution >= 0.6 is 0 Å². The number of nitriles is 1. The van der Waals surface area contributed by atoms with Crippen LogP contribution in [0.4, 0.5) is 23.7 Å². The van der Waals surface area contributed by atoms with Crippen molar-refractivity contribution in [2.45, 2.75) is 31.0 Å². The molecule has 2 amide bonds. The van der Waals surface area contributed by atoms with Crippen molar-refractivity contribution in [3.8, 4) is 6.07 Å². The predicted octanol–water partition coefficient (Wildman–Crippen LogP) is 4.00. The first-order valence-corrected chi connectivity index (χ1v) is 11.5. The summed E-state index contributed by atoms with van der Waals surface area (Å²) < 4.78 is 64.9. The van der Waals surface area contributed by atoms with Crippen LogP contribution in [0.15, 0.2) is 58.6 Å². The molecule has 0 saturated heterocycles. The van der Waals surface area contributed by atoms with E-state index in [-0.39, 0.29) is 33.2 Å². The van der Waals surface area contributed by atoms with E-state index in [9.17, 15) is 36.3 Å². The highest BCUT2D eigenvalue weighted by molar-refractivity contribution is 7.91. The molecule has 0 spiro atoms. The summed E-state index contributed by atoms with van der Waals surface area (Å²) in [6.07, 6.45) is -4.69. The number of anilines is 1. The van der Waals surface area contributed by atoms with Gasteiger partial charge in [-0.2, -0.15) is 18.4 Å². The standard InChI is InChI=1S/C22H18F3N3O5S/c1-3-34(32,33)17-9-13(11-26)7-8-16(17)19-18(20(29)30)12(2)28(21(31)27-19)15-6-4-5-14(10-15)22(23,24)25/h4-10,19H,3H2,1-2H3,(H,27,31)(H,29,30). The van der Waals surface area contributed by atoms with E-state index in [2.05, 4.69) is 5.32 Å². The fraction of sp³-hybridized carbons (Fsp3) is 0.227. The van der Waals surface area contributed by atoms with Gasteiger partial charge in [-0.25, -0.2) is 18.0 Å². The van der Waals surface area contributed by atoms with Crippen LogP contribution in [-0.4, -0.2) is 31.3 Å². The number of urea groups is 1. The van der Waals surface area contributed by atoms with Gasteiger partial charge in [0.1, 0.15) is 0 Å². The quantitative estimate of drug-likeness (QED) is 0.648. The number of hydrogen-bond donors (Lipinski definition) is 2. The molecule has 0 aromatic heterocycles. The third-order valence-corrected chi connectivity index (χ3v) is 7.10. The Bertz CT molecular complexity index is 1360. The number of hydrogen-bond acceptors (Lipinski definition) is 5. The van der Waals surface area contributed by atoms with E-state index in [1.807, 2.05) is 6.07 Å². The van der Waals surface area contributed by atoms with Gasteiger partial charge in [0, 0.05) is 5.70 Å². The molecule has 0 fully saturated rings. The van der Waals surface area contributed by atoms with E-state index in [1.54, 1.807) is 0 Å². The van der Waals surface area contributed by atoms with E-state index in [0.717, 1.165) is 23.1 Å². The Balaban J connectivity index is 2.24. The zero-order chi connectivity index (χ0) is 25.4. The minimum atomic E-state index is -4.69. The number of halogens is 3. The average molecular weight is 493 g/mol. The zero-order valence-corrected chi connectivity index (χ0v) is 18.7. The SMILES string of the molecule is CCS(=O)(=O)c1cc(C#N)ccc1C1NC(=O)N(c2cccc(C(F)(F)F)c2)C(C)=C1C(=O)O. The molecule has 2 N–H and O–H groups in total. The number of benzene rings is 2. The van der Waals surface area contributed by atoms with Gasteiger partial charge in [0.2, 0.25) is 0 Å². The molecule has 0 bridgehead atoms. The number of nitrogens with zero attached hydrogens (tertiary/aromatic N) is 2. The van der Waals surface area contributed by atoms with Crippen molar-refractivity contribution in [2.24, 2.45) is 0 Å². The largest absolute Gasteiger partial charge is 0.478 e. The third kappa shape index (κ3) is 4.47. The van der Waals surface area contributed by atoms with Gasteiger partial charge < -0.3 is 10.4 Å². The van der Waals surface area contributed by atoms with Crippen LogP contribution in [0.2, 0.25) is 0 Å². The number of carbonyl (C=O) groups excluding carboxylic acids is 1. The number of nitrogens with one attached hydrogen (secondary N) is 1. The molecule has 0 radical (unpaired) electrons. The van der Waals surface area contributed by atoms with Crippen molar-refractivity contribution < 1.29 is 36.3 Å². The topological polar surface area (TPSA) is 128 Å². The fourth-order valence-electron chi connectivity index (χ4n) is 3.65. The Morgan fingerprint density at radius 3 is 2.47 bits per heavy atom. The van der Waals surface area contributed by atoms with E-state index in [4.69, 9.17) is 5.26 Å². The molecule has 1 heterocycles. The van der Waals surface area contributed by atoms with Crippen molar-refractivity contribution in [3.05, 3.63) is 70.4 Å². The second-order valence-corrected chi connectivity index (χ2v) is 9.58. The first kappa shape index (κ1) is 24.8. The highest BCUT2D eigenvalue weighted by Gasteiger charge is 2.39. The minimum Gasteiger partial charge on any atom is -0.478 e. The smallest absolute Gasteiger partial charge is 0.416 e. The summed E-state index contributed by atoms with van der Waals surface area (Å²) in [5.74, 6) is -1.86. The van der Waals surface area contributed by atoms with Gasteiger partial charge in [0.25, 0.3) is 0 Å². The lowest BCUT2D eigenvalue weighted by Crippen LogP contribution is -2.48. The lowest BCUT2D eigenvalue weighted by Gasteiger charge is -2.35. The van der Waals surface area contributed by atoms with Crippen LogP contribution in [0.5, 0.6) is 0 Å². The number of amides is 2. The maximum atomic E-state index is 13.2. The molecular formula is C22H18F3N3O5S. The molecular weight excluding hydrogens is 475 g/mol. The van der Waals surface area contributed by atoms with E-state index in [1.165, 1.54) is 32.0 Å². The molecule has 1 aliphatic heterocycles. The van der Waals surface area contributed by atoms with Gasteiger partial charge >= 0.3 is 18.2 Å². The predicted molar refractivity (Wildman–Crippen MR) is 114 cm³/mol. The average Bonchev–Trinajstić information content (AvgIpc) is 2.77. The van der Waals surface area contributed by atoms with E-state index >= 15 is 0 Å². The van der Waals surface area contributed by atoms with Crippen molar-refractivity contribution >= 4 is 27.5 Å². The molecule has 2 aromatic rings. The van der Waals surface area contributed by atoms with Gasteiger partial charge in [0.05, 0.1) is 45.1 Å². The Morgan fingerprint density at radius 2 is 1.91 bits per heavy atom. The van der Waals surface area contributed by atoms with Crippen molar-refractivity contribution in [1.29, 1.82) is 5.26 Å².